The van der Waals surface area contributed by atoms with E-state index < -0.39 is 0 Å². The van der Waals surface area contributed by atoms with Gasteiger partial charge in [-0.25, -0.2) is 4.52 Å². The summed E-state index contributed by atoms with van der Waals surface area (Å²) in [7, 11) is 0. The molecule has 0 aliphatic heterocycles. The minimum absolute atomic E-state index is 0.154. The second kappa shape index (κ2) is 6.82. The molecule has 5 rings (SSSR count). The summed E-state index contributed by atoms with van der Waals surface area (Å²) in [4.78, 5) is 18.3. The van der Waals surface area contributed by atoms with Gasteiger partial charge in [0.15, 0.2) is 5.82 Å². The van der Waals surface area contributed by atoms with E-state index in [2.05, 4.69) is 28.2 Å². The van der Waals surface area contributed by atoms with Crippen LogP contribution in [0.3, 0.4) is 0 Å². The topological polar surface area (TPSA) is 78.2 Å². The second-order valence-electron chi connectivity index (χ2n) is 6.90. The predicted octanol–water partition coefficient (Wildman–Crippen LogP) is 3.94. The number of aromatic nitrogens is 5. The molecule has 0 amide bonds. The quantitative estimate of drug-likeness (QED) is 0.454. The summed E-state index contributed by atoms with van der Waals surface area (Å²) in [5.41, 5.74) is 4.46. The molecule has 0 unspecified atom stereocenters. The molecule has 5 aromatic rings. The van der Waals surface area contributed by atoms with Crippen molar-refractivity contribution in [2.24, 2.45) is 0 Å². The molecule has 0 fully saturated rings. The predicted molar refractivity (Wildman–Crippen MR) is 111 cm³/mol. The van der Waals surface area contributed by atoms with Crippen molar-refractivity contribution >= 4 is 16.9 Å². The number of aryl methyl sites for hydroxylation is 2. The third kappa shape index (κ3) is 3.17. The van der Waals surface area contributed by atoms with Gasteiger partial charge >= 0.3 is 0 Å². The monoisotopic (exact) mass is 403 g/mol. The first-order valence-corrected chi connectivity index (χ1v) is 9.99. The summed E-state index contributed by atoms with van der Waals surface area (Å²) >= 11 is 1.53. The molecule has 144 valence electrons. The van der Waals surface area contributed by atoms with Crippen LogP contribution in [-0.4, -0.2) is 24.3 Å². The maximum atomic E-state index is 13.0. The minimum atomic E-state index is -0.154. The van der Waals surface area contributed by atoms with Crippen molar-refractivity contribution in [3.05, 3.63) is 81.5 Å². The van der Waals surface area contributed by atoms with E-state index in [4.69, 9.17) is 4.52 Å². The average molecular weight is 403 g/mol. The fourth-order valence-electron chi connectivity index (χ4n) is 3.35. The Morgan fingerprint density at radius 3 is 2.83 bits per heavy atom. The van der Waals surface area contributed by atoms with E-state index in [9.17, 15) is 4.79 Å². The van der Waals surface area contributed by atoms with Gasteiger partial charge in [0.1, 0.15) is 5.52 Å². The molecule has 0 aliphatic carbocycles. The number of hydrogen-bond donors (Lipinski definition) is 0. The van der Waals surface area contributed by atoms with E-state index >= 15 is 0 Å². The Labute approximate surface area is 169 Å². The molecule has 29 heavy (non-hydrogen) atoms. The number of fused-ring (bicyclic) bond motifs is 1. The fourth-order valence-corrected chi connectivity index (χ4v) is 4.00. The zero-order valence-electron chi connectivity index (χ0n) is 15.9. The van der Waals surface area contributed by atoms with Crippen LogP contribution in [0.15, 0.2) is 63.5 Å². The largest absolute Gasteiger partial charge is 0.333 e. The first-order chi connectivity index (χ1) is 14.1. The lowest BCUT2D eigenvalue weighted by molar-refractivity contribution is 0.421. The molecular weight excluding hydrogens is 386 g/mol. The van der Waals surface area contributed by atoms with Crippen LogP contribution in [0.1, 0.15) is 17.0 Å². The van der Waals surface area contributed by atoms with E-state index in [-0.39, 0.29) is 12.1 Å². The van der Waals surface area contributed by atoms with Crippen molar-refractivity contribution in [2.45, 2.75) is 20.4 Å². The number of hydrogen-bond acceptors (Lipinski definition) is 6. The second-order valence-corrected chi connectivity index (χ2v) is 7.85. The van der Waals surface area contributed by atoms with Crippen molar-refractivity contribution in [1.29, 1.82) is 0 Å². The third-order valence-corrected chi connectivity index (χ3v) is 5.63. The van der Waals surface area contributed by atoms with Crippen molar-refractivity contribution in [3.8, 4) is 22.0 Å². The van der Waals surface area contributed by atoms with E-state index in [1.807, 2.05) is 42.6 Å². The van der Waals surface area contributed by atoms with Gasteiger partial charge in [0, 0.05) is 18.0 Å². The van der Waals surface area contributed by atoms with Gasteiger partial charge in [-0.05, 0) is 36.9 Å². The summed E-state index contributed by atoms with van der Waals surface area (Å²) in [6, 6.07) is 11.9. The first kappa shape index (κ1) is 17.6. The van der Waals surface area contributed by atoms with Crippen LogP contribution in [0, 0.1) is 13.8 Å². The van der Waals surface area contributed by atoms with E-state index in [1.54, 1.807) is 21.5 Å². The van der Waals surface area contributed by atoms with Gasteiger partial charge in [0.05, 0.1) is 17.1 Å². The summed E-state index contributed by atoms with van der Waals surface area (Å²) in [6.07, 6.45) is 3.46. The summed E-state index contributed by atoms with van der Waals surface area (Å²) < 4.78 is 8.48. The summed E-state index contributed by atoms with van der Waals surface area (Å²) in [5, 5.41) is 10.5. The lowest BCUT2D eigenvalue weighted by atomic mass is 10.0. The Kier molecular flexibility index (Phi) is 4.13. The Morgan fingerprint density at radius 1 is 1.14 bits per heavy atom. The highest BCUT2D eigenvalue weighted by Gasteiger charge is 2.14. The maximum Gasteiger partial charge on any atom is 0.277 e. The zero-order chi connectivity index (χ0) is 20.0. The normalized spacial score (nSPS) is 11.4. The lowest BCUT2D eigenvalue weighted by Gasteiger charge is -2.03. The van der Waals surface area contributed by atoms with Gasteiger partial charge in [-0.2, -0.15) is 10.1 Å². The number of nitrogens with zero attached hydrogens (tertiary/aromatic N) is 5. The fraction of sp³-hybridized carbons (Fsp3) is 0.143. The maximum absolute atomic E-state index is 13.0. The highest BCUT2D eigenvalue weighted by atomic mass is 32.1. The van der Waals surface area contributed by atoms with Crippen molar-refractivity contribution in [2.75, 3.05) is 0 Å². The molecule has 7 nitrogen and oxygen atoms in total. The van der Waals surface area contributed by atoms with Crippen molar-refractivity contribution in [1.82, 2.24) is 24.3 Å². The van der Waals surface area contributed by atoms with Gasteiger partial charge in [-0.15, -0.1) is 11.3 Å². The highest BCUT2D eigenvalue weighted by Crippen LogP contribution is 2.24. The average Bonchev–Trinajstić information content (AvgIpc) is 3.44. The van der Waals surface area contributed by atoms with Crippen LogP contribution in [-0.2, 0) is 6.54 Å². The smallest absolute Gasteiger partial charge is 0.277 e. The van der Waals surface area contributed by atoms with Crippen molar-refractivity contribution in [3.63, 3.8) is 0 Å². The number of benzene rings is 1. The number of rotatable bonds is 4. The van der Waals surface area contributed by atoms with Crippen molar-refractivity contribution < 1.29 is 4.52 Å². The van der Waals surface area contributed by atoms with Crippen LogP contribution in [0.2, 0.25) is 0 Å². The molecule has 1 aromatic carbocycles. The molecule has 4 heterocycles. The molecule has 0 bridgehead atoms. The van der Waals surface area contributed by atoms with Gasteiger partial charge in [-0.3, -0.25) is 4.79 Å². The van der Waals surface area contributed by atoms with E-state index in [0.29, 0.717) is 17.2 Å². The standard InChI is InChI=1S/C21H17N5O2S/c1-13-5-6-15(14(2)10-13)16-11-17-21(27)25(7-8-26(17)23-16)12-19-22-20(28-24-19)18-4-3-9-29-18/h3-11H,12H2,1-2H3. The van der Waals surface area contributed by atoms with Crippen LogP contribution in [0.25, 0.3) is 27.5 Å². The molecule has 8 heteroatoms. The molecule has 4 aromatic heterocycles. The molecule has 0 saturated heterocycles. The first-order valence-electron chi connectivity index (χ1n) is 9.11. The van der Waals surface area contributed by atoms with Gasteiger partial charge in [0.25, 0.3) is 11.4 Å². The zero-order valence-corrected chi connectivity index (χ0v) is 16.7. The van der Waals surface area contributed by atoms with Crippen LogP contribution in [0.5, 0.6) is 0 Å². The summed E-state index contributed by atoms with van der Waals surface area (Å²) in [5.74, 6) is 0.916. The Hall–Kier alpha value is -3.52. The lowest BCUT2D eigenvalue weighted by Crippen LogP contribution is -2.22. The Morgan fingerprint density at radius 2 is 2.03 bits per heavy atom. The van der Waals surface area contributed by atoms with E-state index in [1.165, 1.54) is 16.9 Å². The van der Waals surface area contributed by atoms with Gasteiger partial charge in [-0.1, -0.05) is 35.0 Å². The molecule has 0 saturated carbocycles. The summed E-state index contributed by atoms with van der Waals surface area (Å²) in [6.45, 7) is 4.33. The molecule has 0 radical (unpaired) electrons. The Bertz CT molecular complexity index is 1380. The SMILES string of the molecule is Cc1ccc(-c2cc3c(=O)n(Cc4noc(-c5cccs5)n4)ccn3n2)c(C)c1. The number of thiophene rings is 1. The van der Waals surface area contributed by atoms with Gasteiger partial charge in [0.2, 0.25) is 0 Å². The van der Waals surface area contributed by atoms with Crippen LogP contribution < -0.4 is 5.56 Å². The highest BCUT2D eigenvalue weighted by molar-refractivity contribution is 7.13. The molecule has 0 atom stereocenters. The molecule has 0 N–H and O–H groups in total. The minimum Gasteiger partial charge on any atom is -0.333 e. The molecular formula is C21H17N5O2S. The Balaban J connectivity index is 1.50. The van der Waals surface area contributed by atoms with Gasteiger partial charge < -0.3 is 9.09 Å². The third-order valence-electron chi connectivity index (χ3n) is 4.77. The van der Waals surface area contributed by atoms with E-state index in [0.717, 1.165) is 21.7 Å². The van der Waals surface area contributed by atoms with Crippen LogP contribution >= 0.6 is 11.3 Å². The van der Waals surface area contributed by atoms with Crippen LogP contribution in [0.4, 0.5) is 0 Å². The molecule has 0 spiro atoms. The molecule has 0 aliphatic rings.